The largest absolute Gasteiger partial charge is 0.573 e. The monoisotopic (exact) mass is 488 g/mol. The molecule has 1 saturated heterocycles. The van der Waals surface area contributed by atoms with Gasteiger partial charge in [-0.15, -0.1) is 24.5 Å². The van der Waals surface area contributed by atoms with Crippen molar-refractivity contribution in [2.75, 3.05) is 26.2 Å². The molecule has 3 heterocycles. The zero-order valence-corrected chi connectivity index (χ0v) is 18.5. The molecule has 0 aliphatic carbocycles. The predicted molar refractivity (Wildman–Crippen MR) is 109 cm³/mol. The molecule has 1 aliphatic heterocycles. The van der Waals surface area contributed by atoms with Crippen LogP contribution in [0.3, 0.4) is 0 Å². The molecule has 1 atom stereocenters. The van der Waals surface area contributed by atoms with Gasteiger partial charge in [-0.1, -0.05) is 11.2 Å². The summed E-state index contributed by atoms with van der Waals surface area (Å²) in [7, 11) is -3.84. The van der Waals surface area contributed by atoms with Crippen molar-refractivity contribution in [1.82, 2.24) is 19.3 Å². The lowest BCUT2D eigenvalue weighted by molar-refractivity contribution is -0.274. The number of halogens is 3. The Morgan fingerprint density at radius 2 is 1.81 bits per heavy atom. The summed E-state index contributed by atoms with van der Waals surface area (Å²) in [4.78, 5) is 7.29. The zero-order valence-electron chi connectivity index (χ0n) is 16.8. The SMILES string of the molecule is CC(c1nc(-c2cccs2)no1)N1CCN(S(=O)(=O)c2ccc(OC(F)(F)F)cc2)CC1. The molecule has 0 spiro atoms. The highest BCUT2D eigenvalue weighted by Gasteiger charge is 2.33. The number of nitrogens with zero attached hydrogens (tertiary/aromatic N) is 4. The highest BCUT2D eigenvalue weighted by molar-refractivity contribution is 7.89. The Labute approximate surface area is 186 Å². The molecule has 0 saturated carbocycles. The lowest BCUT2D eigenvalue weighted by atomic mass is 10.2. The van der Waals surface area contributed by atoms with Gasteiger partial charge < -0.3 is 9.26 Å². The van der Waals surface area contributed by atoms with E-state index in [1.54, 1.807) is 0 Å². The summed E-state index contributed by atoms with van der Waals surface area (Å²) in [5.41, 5.74) is 0. The van der Waals surface area contributed by atoms with E-state index in [1.165, 1.54) is 15.6 Å². The summed E-state index contributed by atoms with van der Waals surface area (Å²) < 4.78 is 73.1. The highest BCUT2D eigenvalue weighted by Crippen LogP contribution is 2.28. The number of thiophene rings is 1. The van der Waals surface area contributed by atoms with Crippen LogP contribution in [0.1, 0.15) is 18.9 Å². The van der Waals surface area contributed by atoms with Crippen LogP contribution in [0.25, 0.3) is 10.7 Å². The first-order valence-corrected chi connectivity index (χ1v) is 11.9. The maximum atomic E-state index is 12.9. The number of hydrogen-bond donors (Lipinski definition) is 0. The second-order valence-electron chi connectivity index (χ2n) is 7.07. The van der Waals surface area contributed by atoms with Crippen LogP contribution in [-0.2, 0) is 10.0 Å². The average molecular weight is 489 g/mol. The fourth-order valence-electron chi connectivity index (χ4n) is 3.36. The summed E-state index contributed by atoms with van der Waals surface area (Å²) in [5.74, 6) is 0.488. The van der Waals surface area contributed by atoms with Gasteiger partial charge in [0.15, 0.2) is 0 Å². The fourth-order valence-corrected chi connectivity index (χ4v) is 5.43. The normalized spacial score (nSPS) is 17.4. The van der Waals surface area contributed by atoms with E-state index in [2.05, 4.69) is 14.9 Å². The third-order valence-electron chi connectivity index (χ3n) is 5.06. The Morgan fingerprint density at radius 1 is 1.12 bits per heavy atom. The summed E-state index contributed by atoms with van der Waals surface area (Å²) in [6.45, 7) is 3.23. The molecule has 1 unspecified atom stereocenters. The number of alkyl halides is 3. The second kappa shape index (κ2) is 8.81. The maximum Gasteiger partial charge on any atom is 0.573 e. The van der Waals surface area contributed by atoms with Crippen LogP contribution in [0.4, 0.5) is 13.2 Å². The quantitative estimate of drug-likeness (QED) is 0.522. The molecule has 3 aromatic rings. The minimum Gasteiger partial charge on any atom is -0.406 e. The van der Waals surface area contributed by atoms with Gasteiger partial charge in [-0.25, -0.2) is 8.42 Å². The molecule has 0 N–H and O–H groups in total. The number of hydrogen-bond acceptors (Lipinski definition) is 8. The number of piperazine rings is 1. The first-order chi connectivity index (χ1) is 15.1. The smallest absolute Gasteiger partial charge is 0.406 e. The molecule has 13 heteroatoms. The van der Waals surface area contributed by atoms with Crippen LogP contribution in [0.2, 0.25) is 0 Å². The second-order valence-corrected chi connectivity index (χ2v) is 9.95. The van der Waals surface area contributed by atoms with Crippen LogP contribution >= 0.6 is 11.3 Å². The lowest BCUT2D eigenvalue weighted by Gasteiger charge is -2.36. The fraction of sp³-hybridized carbons (Fsp3) is 0.368. The minimum atomic E-state index is -4.84. The van der Waals surface area contributed by atoms with Crippen LogP contribution in [0, 0.1) is 0 Å². The van der Waals surface area contributed by atoms with Crippen molar-refractivity contribution in [3.05, 3.63) is 47.7 Å². The van der Waals surface area contributed by atoms with Gasteiger partial charge in [-0.3, -0.25) is 4.90 Å². The average Bonchev–Trinajstić information content (AvgIpc) is 3.44. The maximum absolute atomic E-state index is 12.9. The van der Waals surface area contributed by atoms with E-state index < -0.39 is 22.1 Å². The predicted octanol–water partition coefficient (Wildman–Crippen LogP) is 3.76. The Bertz CT molecular complexity index is 1140. The minimum absolute atomic E-state index is 0.0917. The number of aromatic nitrogens is 2. The van der Waals surface area contributed by atoms with Crippen molar-refractivity contribution in [2.45, 2.75) is 24.2 Å². The molecule has 4 rings (SSSR count). The summed E-state index contributed by atoms with van der Waals surface area (Å²) in [5, 5.41) is 5.93. The van der Waals surface area contributed by atoms with E-state index in [0.717, 1.165) is 29.1 Å². The van der Waals surface area contributed by atoms with Gasteiger partial charge in [-0.2, -0.15) is 9.29 Å². The Hall–Kier alpha value is -2.48. The Balaban J connectivity index is 1.38. The summed E-state index contributed by atoms with van der Waals surface area (Å²) >= 11 is 1.51. The number of rotatable bonds is 6. The van der Waals surface area contributed by atoms with Crippen LogP contribution in [0.15, 0.2) is 51.2 Å². The number of benzene rings is 1. The molecule has 32 heavy (non-hydrogen) atoms. The molecule has 0 amide bonds. The van der Waals surface area contributed by atoms with Gasteiger partial charge in [0.05, 0.1) is 15.8 Å². The molecule has 1 aromatic carbocycles. The van der Waals surface area contributed by atoms with Gasteiger partial charge >= 0.3 is 6.36 Å². The Morgan fingerprint density at radius 3 is 2.41 bits per heavy atom. The van der Waals surface area contributed by atoms with Gasteiger partial charge in [0.1, 0.15) is 5.75 Å². The topological polar surface area (TPSA) is 88.8 Å². The van der Waals surface area contributed by atoms with Crippen molar-refractivity contribution >= 4 is 21.4 Å². The molecule has 0 bridgehead atoms. The van der Waals surface area contributed by atoms with E-state index in [0.29, 0.717) is 24.8 Å². The molecule has 1 fully saturated rings. The van der Waals surface area contributed by atoms with E-state index in [9.17, 15) is 21.6 Å². The van der Waals surface area contributed by atoms with Gasteiger partial charge in [0, 0.05) is 26.2 Å². The van der Waals surface area contributed by atoms with Gasteiger partial charge in [0.2, 0.25) is 21.7 Å². The van der Waals surface area contributed by atoms with E-state index in [1.807, 2.05) is 29.3 Å². The van der Waals surface area contributed by atoms with Crippen molar-refractivity contribution < 1.29 is 30.8 Å². The lowest BCUT2D eigenvalue weighted by Crippen LogP contribution is -2.49. The number of sulfonamides is 1. The third-order valence-corrected chi connectivity index (χ3v) is 7.84. The summed E-state index contributed by atoms with van der Waals surface area (Å²) in [6.07, 6.45) is -4.84. The van der Waals surface area contributed by atoms with Crippen molar-refractivity contribution in [3.63, 3.8) is 0 Å². The standard InChI is InChI=1S/C19H19F3N4O4S2/c1-13(18-23-17(24-30-18)16-3-2-12-31-16)25-8-10-26(11-9-25)32(27,28)15-6-4-14(5-7-15)29-19(20,21)22/h2-7,12-13H,8-11H2,1H3. The van der Waals surface area contributed by atoms with Gasteiger partial charge in [0.25, 0.3) is 0 Å². The van der Waals surface area contributed by atoms with Crippen LogP contribution in [-0.4, -0.2) is 60.3 Å². The van der Waals surface area contributed by atoms with Crippen LogP contribution < -0.4 is 4.74 Å². The molecule has 1 aliphatic rings. The van der Waals surface area contributed by atoms with Crippen molar-refractivity contribution in [2.24, 2.45) is 0 Å². The van der Waals surface area contributed by atoms with E-state index in [4.69, 9.17) is 4.52 Å². The molecule has 2 aromatic heterocycles. The molecule has 172 valence electrons. The first kappa shape index (κ1) is 22.7. The molecule has 8 nitrogen and oxygen atoms in total. The van der Waals surface area contributed by atoms with Gasteiger partial charge in [-0.05, 0) is 42.6 Å². The first-order valence-electron chi connectivity index (χ1n) is 9.61. The van der Waals surface area contributed by atoms with Crippen LogP contribution in [0.5, 0.6) is 5.75 Å². The van der Waals surface area contributed by atoms with Crippen molar-refractivity contribution in [1.29, 1.82) is 0 Å². The molecule has 0 radical (unpaired) electrons. The molecular weight excluding hydrogens is 469 g/mol. The van der Waals surface area contributed by atoms with Crippen molar-refractivity contribution in [3.8, 4) is 16.5 Å². The van der Waals surface area contributed by atoms with E-state index in [-0.39, 0.29) is 24.0 Å². The number of ether oxygens (including phenoxy) is 1. The Kier molecular flexibility index (Phi) is 6.25. The highest BCUT2D eigenvalue weighted by atomic mass is 32.2. The zero-order chi connectivity index (χ0) is 22.9. The summed E-state index contributed by atoms with van der Waals surface area (Å²) in [6, 6.07) is 7.79. The third kappa shape index (κ3) is 4.95. The van der Waals surface area contributed by atoms with E-state index >= 15 is 0 Å². The molecular formula is C19H19F3N4O4S2.